The van der Waals surface area contributed by atoms with Crippen molar-refractivity contribution in [1.82, 2.24) is 25.4 Å². The van der Waals surface area contributed by atoms with Crippen molar-refractivity contribution < 1.29 is 14.3 Å². The Balaban J connectivity index is 1.36. The maximum absolute atomic E-state index is 12.9. The molecule has 168 valence electrons. The lowest BCUT2D eigenvalue weighted by molar-refractivity contribution is -0.127. The average molecular weight is 456 g/mol. The van der Waals surface area contributed by atoms with E-state index in [0.29, 0.717) is 29.4 Å². The molecule has 1 aliphatic heterocycles. The van der Waals surface area contributed by atoms with Gasteiger partial charge in [0.15, 0.2) is 6.10 Å². The van der Waals surface area contributed by atoms with Crippen LogP contribution in [0.15, 0.2) is 36.7 Å². The quantitative estimate of drug-likeness (QED) is 0.519. The number of carbonyl (C=O) groups excluding carboxylic acids is 1. The monoisotopic (exact) mass is 455 g/mol. The summed E-state index contributed by atoms with van der Waals surface area (Å²) in [6.45, 7) is 3.98. The molecule has 2 aromatic heterocycles. The van der Waals surface area contributed by atoms with Crippen LogP contribution >= 0.6 is 11.3 Å². The summed E-state index contributed by atoms with van der Waals surface area (Å²) in [5.41, 5.74) is 0.720. The summed E-state index contributed by atoms with van der Waals surface area (Å²) in [5, 5.41) is 20.6. The first-order valence-corrected chi connectivity index (χ1v) is 11.2. The lowest BCUT2D eigenvalue weighted by Crippen LogP contribution is -2.23. The number of rotatable bonds is 9. The third-order valence-corrected chi connectivity index (χ3v) is 6.03. The molecule has 1 fully saturated rings. The zero-order chi connectivity index (χ0) is 22.3. The second-order valence-corrected chi connectivity index (χ2v) is 8.41. The van der Waals surface area contributed by atoms with Crippen LogP contribution in [0.5, 0.6) is 5.75 Å². The fourth-order valence-electron chi connectivity index (χ4n) is 3.67. The summed E-state index contributed by atoms with van der Waals surface area (Å²) < 4.78 is 11.0. The van der Waals surface area contributed by atoms with Gasteiger partial charge in [-0.25, -0.2) is 4.98 Å². The number of carbonyl (C=O) groups is 1. The molecule has 3 heterocycles. The molecule has 0 radical (unpaired) electrons. The van der Waals surface area contributed by atoms with Gasteiger partial charge in [-0.1, -0.05) is 23.5 Å². The van der Waals surface area contributed by atoms with Gasteiger partial charge >= 0.3 is 0 Å². The number of ether oxygens (including phenoxy) is 2. The first kappa shape index (κ1) is 22.0. The van der Waals surface area contributed by atoms with E-state index < -0.39 is 6.10 Å². The molecule has 1 saturated heterocycles. The van der Waals surface area contributed by atoms with E-state index in [1.165, 1.54) is 11.3 Å². The summed E-state index contributed by atoms with van der Waals surface area (Å²) in [6.07, 6.45) is 4.26. The molecule has 1 amide bonds. The van der Waals surface area contributed by atoms with Crippen molar-refractivity contribution in [3.8, 4) is 5.75 Å². The summed E-state index contributed by atoms with van der Waals surface area (Å²) in [6, 6.07) is 7.29. The van der Waals surface area contributed by atoms with E-state index in [1.807, 2.05) is 25.1 Å². The first-order valence-electron chi connectivity index (χ1n) is 10.4. The molecule has 1 aliphatic rings. The maximum Gasteiger partial charge on any atom is 0.259 e. The minimum Gasteiger partial charge on any atom is -0.497 e. The standard InChI is InChI=1S/C21H25N7O3S/c1-3-31-18(15-5-4-6-16(12-15)30-2)19(29)24-21-27-25-17(32-21)11-14-7-10-28(13-14)20-22-8-9-23-26-20/h4-6,8-9,12,14,18H,3,7,10-11,13H2,1-2H3,(H,24,27,29)/t14-,18+/m0/s1. The van der Waals surface area contributed by atoms with Crippen molar-refractivity contribution in [1.29, 1.82) is 0 Å². The molecule has 0 aliphatic carbocycles. The van der Waals surface area contributed by atoms with Crippen molar-refractivity contribution in [3.05, 3.63) is 47.2 Å². The van der Waals surface area contributed by atoms with Crippen molar-refractivity contribution in [2.45, 2.75) is 25.9 Å². The molecule has 32 heavy (non-hydrogen) atoms. The Bertz CT molecular complexity index is 1030. The summed E-state index contributed by atoms with van der Waals surface area (Å²) >= 11 is 1.39. The van der Waals surface area contributed by atoms with Gasteiger partial charge in [0.1, 0.15) is 10.8 Å². The number of aromatic nitrogens is 5. The van der Waals surface area contributed by atoms with Crippen LogP contribution in [0.3, 0.4) is 0 Å². The molecule has 0 bridgehead atoms. The van der Waals surface area contributed by atoms with Gasteiger partial charge in [0.05, 0.1) is 19.5 Å². The summed E-state index contributed by atoms with van der Waals surface area (Å²) in [7, 11) is 1.59. The molecule has 1 aromatic carbocycles. The number of anilines is 2. The molecule has 1 N–H and O–H groups in total. The second-order valence-electron chi connectivity index (χ2n) is 7.35. The van der Waals surface area contributed by atoms with Crippen LogP contribution in [0.25, 0.3) is 0 Å². The molecule has 2 atom stereocenters. The van der Waals surface area contributed by atoms with E-state index in [1.54, 1.807) is 25.6 Å². The number of amides is 1. The Morgan fingerprint density at radius 3 is 3.00 bits per heavy atom. The largest absolute Gasteiger partial charge is 0.497 e. The number of hydrogen-bond donors (Lipinski definition) is 1. The van der Waals surface area contributed by atoms with Crippen LogP contribution in [0, 0.1) is 5.92 Å². The molecule has 0 saturated carbocycles. The molecule has 0 unspecified atom stereocenters. The van der Waals surface area contributed by atoms with Gasteiger partial charge in [0, 0.05) is 26.1 Å². The van der Waals surface area contributed by atoms with Crippen molar-refractivity contribution in [2.75, 3.05) is 37.0 Å². The maximum atomic E-state index is 12.9. The highest BCUT2D eigenvalue weighted by atomic mass is 32.1. The SMILES string of the molecule is CCO[C@@H](C(=O)Nc1nnc(C[C@@H]2CCN(c3nccnn3)C2)s1)c1cccc(OC)c1. The van der Waals surface area contributed by atoms with Gasteiger partial charge in [-0.3, -0.25) is 10.1 Å². The van der Waals surface area contributed by atoms with Crippen LogP contribution in [-0.4, -0.2) is 58.1 Å². The van der Waals surface area contributed by atoms with Crippen LogP contribution in [0.1, 0.15) is 30.0 Å². The highest BCUT2D eigenvalue weighted by molar-refractivity contribution is 7.15. The fraction of sp³-hybridized carbons (Fsp3) is 0.429. The molecular weight excluding hydrogens is 430 g/mol. The van der Waals surface area contributed by atoms with E-state index in [0.717, 1.165) is 36.5 Å². The highest BCUT2D eigenvalue weighted by Gasteiger charge is 2.27. The molecule has 0 spiro atoms. The first-order chi connectivity index (χ1) is 15.7. The van der Waals surface area contributed by atoms with E-state index in [9.17, 15) is 4.79 Å². The lowest BCUT2D eigenvalue weighted by Gasteiger charge is -2.16. The molecule has 11 heteroatoms. The third-order valence-electron chi connectivity index (χ3n) is 5.17. The van der Waals surface area contributed by atoms with Crippen molar-refractivity contribution >= 4 is 28.3 Å². The van der Waals surface area contributed by atoms with E-state index in [-0.39, 0.29) is 5.91 Å². The van der Waals surface area contributed by atoms with Crippen molar-refractivity contribution in [2.24, 2.45) is 5.92 Å². The zero-order valence-corrected chi connectivity index (χ0v) is 18.8. The summed E-state index contributed by atoms with van der Waals surface area (Å²) in [4.78, 5) is 19.3. The summed E-state index contributed by atoms with van der Waals surface area (Å²) in [5.74, 6) is 1.45. The number of nitrogens with zero attached hydrogens (tertiary/aromatic N) is 6. The Morgan fingerprint density at radius 1 is 1.31 bits per heavy atom. The fourth-order valence-corrected chi connectivity index (χ4v) is 4.52. The Morgan fingerprint density at radius 2 is 2.22 bits per heavy atom. The van der Waals surface area contributed by atoms with E-state index >= 15 is 0 Å². The van der Waals surface area contributed by atoms with Gasteiger partial charge in [0.2, 0.25) is 11.1 Å². The van der Waals surface area contributed by atoms with Gasteiger partial charge in [-0.05, 0) is 37.0 Å². The van der Waals surface area contributed by atoms with Gasteiger partial charge in [-0.2, -0.15) is 5.10 Å². The molecular formula is C21H25N7O3S. The topological polar surface area (TPSA) is 115 Å². The van der Waals surface area contributed by atoms with Crippen LogP contribution in [0.2, 0.25) is 0 Å². The second kappa shape index (κ2) is 10.4. The van der Waals surface area contributed by atoms with Gasteiger partial charge < -0.3 is 14.4 Å². The van der Waals surface area contributed by atoms with Gasteiger partial charge in [-0.15, -0.1) is 15.3 Å². The third kappa shape index (κ3) is 5.35. The van der Waals surface area contributed by atoms with E-state index in [4.69, 9.17) is 9.47 Å². The lowest BCUT2D eigenvalue weighted by atomic mass is 10.1. The zero-order valence-electron chi connectivity index (χ0n) is 18.0. The number of benzene rings is 1. The highest BCUT2D eigenvalue weighted by Crippen LogP contribution is 2.27. The Hall–Kier alpha value is -3.18. The average Bonchev–Trinajstić information content (AvgIpc) is 3.48. The van der Waals surface area contributed by atoms with Crippen molar-refractivity contribution in [3.63, 3.8) is 0 Å². The minimum atomic E-state index is -0.759. The van der Waals surface area contributed by atoms with Crippen LogP contribution < -0.4 is 15.0 Å². The minimum absolute atomic E-state index is 0.288. The Kier molecular flexibility index (Phi) is 7.17. The smallest absolute Gasteiger partial charge is 0.259 e. The van der Waals surface area contributed by atoms with Crippen LogP contribution in [-0.2, 0) is 16.0 Å². The number of methoxy groups -OCH3 is 1. The van der Waals surface area contributed by atoms with Gasteiger partial charge in [0.25, 0.3) is 5.91 Å². The predicted octanol–water partition coefficient (Wildman–Crippen LogP) is 2.52. The Labute approximate surface area is 190 Å². The van der Waals surface area contributed by atoms with Crippen LogP contribution in [0.4, 0.5) is 11.1 Å². The molecule has 4 rings (SSSR count). The predicted molar refractivity (Wildman–Crippen MR) is 120 cm³/mol. The molecule has 10 nitrogen and oxygen atoms in total. The number of hydrogen-bond acceptors (Lipinski definition) is 10. The molecule has 3 aromatic rings. The normalized spacial score (nSPS) is 16.7. The number of nitrogens with one attached hydrogen (secondary N) is 1. The van der Waals surface area contributed by atoms with E-state index in [2.05, 4.69) is 35.6 Å².